The molecule has 1 aliphatic rings. The number of hydrogen-bond acceptors (Lipinski definition) is 5. The summed E-state index contributed by atoms with van der Waals surface area (Å²) in [5.74, 6) is 0.993. The van der Waals surface area contributed by atoms with Crippen LogP contribution in [0.4, 0.5) is 5.69 Å². The fourth-order valence-corrected chi connectivity index (χ4v) is 5.28. The molecule has 0 radical (unpaired) electrons. The molecule has 1 N–H and O–H groups in total. The molecule has 1 aromatic heterocycles. The van der Waals surface area contributed by atoms with E-state index in [1.54, 1.807) is 19.1 Å². The third-order valence-corrected chi connectivity index (χ3v) is 7.27. The number of carbonyl (C=O) groups excluding carboxylic acids is 2. The minimum absolute atomic E-state index is 0.120. The fraction of sp³-hybridized carbons (Fsp3) is 0.357. The first-order valence-corrected chi connectivity index (χ1v) is 12.9. The van der Waals surface area contributed by atoms with Crippen LogP contribution >= 0.6 is 11.3 Å². The van der Waals surface area contributed by atoms with Crippen molar-refractivity contribution in [1.29, 1.82) is 0 Å². The zero-order chi connectivity index (χ0) is 24.6. The van der Waals surface area contributed by atoms with Gasteiger partial charge in [0, 0.05) is 16.6 Å². The van der Waals surface area contributed by atoms with Gasteiger partial charge in [-0.05, 0) is 66.2 Å². The molecule has 184 valence electrons. The maximum Gasteiger partial charge on any atom is 0.248 e. The summed E-state index contributed by atoms with van der Waals surface area (Å²) in [6, 6.07) is 17.8. The topological polar surface area (TPSA) is 67.9 Å². The normalized spacial score (nSPS) is 14.7. The largest absolute Gasteiger partial charge is 0.497 e. The molecule has 7 heteroatoms. The highest BCUT2D eigenvalue weighted by molar-refractivity contribution is 7.10. The van der Waals surface area contributed by atoms with Gasteiger partial charge in [-0.2, -0.15) is 0 Å². The van der Waals surface area contributed by atoms with Crippen molar-refractivity contribution in [3.8, 4) is 11.5 Å². The number of rotatable bonds is 9. The van der Waals surface area contributed by atoms with Crippen molar-refractivity contribution >= 4 is 28.8 Å². The first-order chi connectivity index (χ1) is 17.1. The van der Waals surface area contributed by atoms with Gasteiger partial charge in [-0.15, -0.1) is 11.3 Å². The van der Waals surface area contributed by atoms with E-state index in [1.165, 1.54) is 17.8 Å². The number of nitrogens with one attached hydrogen (secondary N) is 1. The van der Waals surface area contributed by atoms with Crippen LogP contribution in [0.1, 0.15) is 48.6 Å². The monoisotopic (exact) mass is 492 g/mol. The number of anilines is 1. The number of carbonyl (C=O) groups is 2. The molecule has 2 aromatic carbocycles. The van der Waals surface area contributed by atoms with E-state index in [-0.39, 0.29) is 24.3 Å². The highest BCUT2D eigenvalue weighted by Gasteiger charge is 2.34. The van der Waals surface area contributed by atoms with E-state index < -0.39 is 6.04 Å². The number of methoxy groups -OCH3 is 2. The van der Waals surface area contributed by atoms with E-state index in [0.29, 0.717) is 22.7 Å². The lowest BCUT2D eigenvalue weighted by Gasteiger charge is -2.33. The van der Waals surface area contributed by atoms with Gasteiger partial charge in [-0.25, -0.2) is 0 Å². The van der Waals surface area contributed by atoms with Crippen LogP contribution < -0.4 is 19.7 Å². The van der Waals surface area contributed by atoms with Gasteiger partial charge in [0.25, 0.3) is 0 Å². The standard InChI is InChI=1S/C28H32N2O4S/c1-33-23-15-13-22(14-16-23)30(26(31)19-25-12-7-17-35-25)27(20-8-6-11-24(18-20)34-2)28(32)29-21-9-4-3-5-10-21/h6-8,11-18,21,27H,3-5,9-10,19H2,1-2H3,(H,29,32). The molecule has 1 fully saturated rings. The zero-order valence-corrected chi connectivity index (χ0v) is 21.1. The van der Waals surface area contributed by atoms with Gasteiger partial charge in [0.05, 0.1) is 20.6 Å². The summed E-state index contributed by atoms with van der Waals surface area (Å²) in [6.45, 7) is 0. The Balaban J connectivity index is 1.76. The zero-order valence-electron chi connectivity index (χ0n) is 20.2. The Morgan fingerprint density at radius 3 is 2.37 bits per heavy atom. The molecule has 0 spiro atoms. The fourth-order valence-electron chi connectivity index (χ4n) is 4.58. The summed E-state index contributed by atoms with van der Waals surface area (Å²) < 4.78 is 10.8. The predicted molar refractivity (Wildman–Crippen MR) is 139 cm³/mol. The number of hydrogen-bond donors (Lipinski definition) is 1. The highest BCUT2D eigenvalue weighted by Crippen LogP contribution is 2.32. The van der Waals surface area contributed by atoms with Crippen LogP contribution in [0.3, 0.4) is 0 Å². The van der Waals surface area contributed by atoms with E-state index in [2.05, 4.69) is 5.32 Å². The Bertz CT molecular complexity index is 1110. The van der Waals surface area contributed by atoms with Crippen molar-refractivity contribution < 1.29 is 19.1 Å². The number of thiophene rings is 1. The molecule has 1 unspecified atom stereocenters. The third kappa shape index (κ3) is 6.22. The van der Waals surface area contributed by atoms with Gasteiger partial charge in [0.15, 0.2) is 0 Å². The molecule has 1 aliphatic carbocycles. The van der Waals surface area contributed by atoms with Crippen LogP contribution in [-0.2, 0) is 16.0 Å². The molecule has 0 bridgehead atoms. The van der Waals surface area contributed by atoms with Gasteiger partial charge >= 0.3 is 0 Å². The second-order valence-corrected chi connectivity index (χ2v) is 9.77. The molecule has 2 amide bonds. The van der Waals surface area contributed by atoms with E-state index >= 15 is 0 Å². The van der Waals surface area contributed by atoms with Crippen LogP contribution in [0.5, 0.6) is 11.5 Å². The number of nitrogens with zero attached hydrogens (tertiary/aromatic N) is 1. The Kier molecular flexibility index (Phi) is 8.42. The summed E-state index contributed by atoms with van der Waals surface area (Å²) in [6.07, 6.45) is 5.54. The smallest absolute Gasteiger partial charge is 0.248 e. The minimum Gasteiger partial charge on any atom is -0.497 e. The summed E-state index contributed by atoms with van der Waals surface area (Å²) in [5, 5.41) is 5.20. The first-order valence-electron chi connectivity index (χ1n) is 12.0. The van der Waals surface area contributed by atoms with Crippen LogP contribution in [0.2, 0.25) is 0 Å². The molecule has 1 heterocycles. The van der Waals surface area contributed by atoms with Crippen LogP contribution in [0, 0.1) is 0 Å². The number of amides is 2. The van der Waals surface area contributed by atoms with Gasteiger partial charge in [0.1, 0.15) is 17.5 Å². The average Bonchev–Trinajstić information content (AvgIpc) is 3.40. The number of ether oxygens (including phenoxy) is 2. The molecule has 0 saturated heterocycles. The Morgan fingerprint density at radius 1 is 0.971 bits per heavy atom. The van der Waals surface area contributed by atoms with Gasteiger partial charge in [0.2, 0.25) is 11.8 Å². The highest BCUT2D eigenvalue weighted by atomic mass is 32.1. The lowest BCUT2D eigenvalue weighted by molar-refractivity contribution is -0.127. The summed E-state index contributed by atoms with van der Waals surface area (Å²) in [5.41, 5.74) is 1.34. The Hall–Kier alpha value is -3.32. The summed E-state index contributed by atoms with van der Waals surface area (Å²) >= 11 is 1.53. The van der Waals surface area contributed by atoms with Crippen LogP contribution in [-0.4, -0.2) is 32.1 Å². The molecule has 35 heavy (non-hydrogen) atoms. The van der Waals surface area contributed by atoms with E-state index in [4.69, 9.17) is 9.47 Å². The van der Waals surface area contributed by atoms with Gasteiger partial charge < -0.3 is 14.8 Å². The molecular formula is C28H32N2O4S. The van der Waals surface area contributed by atoms with Crippen molar-refractivity contribution in [1.82, 2.24) is 5.32 Å². The maximum absolute atomic E-state index is 13.9. The van der Waals surface area contributed by atoms with Crippen LogP contribution in [0.25, 0.3) is 0 Å². The summed E-state index contributed by atoms with van der Waals surface area (Å²) in [4.78, 5) is 30.3. The molecule has 4 rings (SSSR count). The molecule has 0 aliphatic heterocycles. The predicted octanol–water partition coefficient (Wildman–Crippen LogP) is 5.53. The van der Waals surface area contributed by atoms with E-state index in [0.717, 1.165) is 30.6 Å². The van der Waals surface area contributed by atoms with Crippen molar-refractivity contribution in [2.45, 2.75) is 50.6 Å². The lowest BCUT2D eigenvalue weighted by Crippen LogP contribution is -2.47. The van der Waals surface area contributed by atoms with Crippen molar-refractivity contribution in [3.05, 3.63) is 76.5 Å². The molecule has 1 atom stereocenters. The van der Waals surface area contributed by atoms with E-state index in [9.17, 15) is 9.59 Å². The molecule has 1 saturated carbocycles. The molecule has 6 nitrogen and oxygen atoms in total. The second-order valence-electron chi connectivity index (χ2n) is 8.74. The number of benzene rings is 2. The van der Waals surface area contributed by atoms with E-state index in [1.807, 2.05) is 66.0 Å². The van der Waals surface area contributed by atoms with Crippen molar-refractivity contribution in [3.63, 3.8) is 0 Å². The lowest BCUT2D eigenvalue weighted by atomic mass is 9.94. The third-order valence-electron chi connectivity index (χ3n) is 6.39. The second kappa shape index (κ2) is 11.9. The first kappa shape index (κ1) is 24.8. The van der Waals surface area contributed by atoms with Crippen molar-refractivity contribution in [2.75, 3.05) is 19.1 Å². The van der Waals surface area contributed by atoms with Gasteiger partial charge in [-0.1, -0.05) is 37.5 Å². The SMILES string of the molecule is COc1ccc(N(C(=O)Cc2cccs2)C(C(=O)NC2CCCCC2)c2cccc(OC)c2)cc1. The van der Waals surface area contributed by atoms with Crippen LogP contribution in [0.15, 0.2) is 66.0 Å². The Labute approximate surface area is 210 Å². The van der Waals surface area contributed by atoms with Gasteiger partial charge in [-0.3, -0.25) is 14.5 Å². The minimum atomic E-state index is -0.840. The Morgan fingerprint density at radius 2 is 1.71 bits per heavy atom. The summed E-state index contributed by atoms with van der Waals surface area (Å²) in [7, 11) is 3.20. The average molecular weight is 493 g/mol. The molecular weight excluding hydrogens is 460 g/mol. The maximum atomic E-state index is 13.9. The van der Waals surface area contributed by atoms with Crippen molar-refractivity contribution in [2.24, 2.45) is 0 Å². The quantitative estimate of drug-likeness (QED) is 0.426. The molecule has 3 aromatic rings.